The third-order valence-electron chi connectivity index (χ3n) is 3.97. The summed E-state index contributed by atoms with van der Waals surface area (Å²) in [5.74, 6) is 0.340. The molecule has 1 unspecified atom stereocenters. The molecule has 0 amide bonds. The lowest BCUT2D eigenvalue weighted by Gasteiger charge is -2.27. The SMILES string of the molecule is CCC(NCCN1CCCCC1)c1ccc(O)cc1. The first-order chi connectivity index (χ1) is 9.29. The average Bonchev–Trinajstić information content (AvgIpc) is 2.46. The van der Waals surface area contributed by atoms with Crippen LogP contribution in [0.4, 0.5) is 0 Å². The summed E-state index contributed by atoms with van der Waals surface area (Å²) < 4.78 is 0. The zero-order chi connectivity index (χ0) is 13.5. The topological polar surface area (TPSA) is 35.5 Å². The van der Waals surface area contributed by atoms with Crippen molar-refractivity contribution in [3.8, 4) is 5.75 Å². The van der Waals surface area contributed by atoms with Crippen molar-refractivity contribution in [3.05, 3.63) is 29.8 Å². The highest BCUT2D eigenvalue weighted by Crippen LogP contribution is 2.19. The van der Waals surface area contributed by atoms with Crippen molar-refractivity contribution in [2.75, 3.05) is 26.2 Å². The van der Waals surface area contributed by atoms with Crippen molar-refractivity contribution in [1.29, 1.82) is 0 Å². The van der Waals surface area contributed by atoms with Crippen molar-refractivity contribution in [1.82, 2.24) is 10.2 Å². The molecule has 19 heavy (non-hydrogen) atoms. The third-order valence-corrected chi connectivity index (χ3v) is 3.97. The van der Waals surface area contributed by atoms with E-state index in [1.54, 1.807) is 12.1 Å². The Hall–Kier alpha value is -1.06. The van der Waals surface area contributed by atoms with Gasteiger partial charge in [0.25, 0.3) is 0 Å². The number of nitrogens with zero attached hydrogens (tertiary/aromatic N) is 1. The van der Waals surface area contributed by atoms with Crippen LogP contribution in [0.1, 0.15) is 44.2 Å². The summed E-state index contributed by atoms with van der Waals surface area (Å²) in [6.45, 7) is 6.91. The van der Waals surface area contributed by atoms with Gasteiger partial charge in [-0.25, -0.2) is 0 Å². The molecule has 0 saturated carbocycles. The van der Waals surface area contributed by atoms with E-state index < -0.39 is 0 Å². The molecule has 106 valence electrons. The van der Waals surface area contributed by atoms with Gasteiger partial charge in [-0.1, -0.05) is 25.5 Å². The smallest absolute Gasteiger partial charge is 0.115 e. The summed E-state index contributed by atoms with van der Waals surface area (Å²) in [5.41, 5.74) is 1.26. The van der Waals surface area contributed by atoms with E-state index in [-0.39, 0.29) is 0 Å². The Morgan fingerprint density at radius 1 is 1.16 bits per heavy atom. The lowest BCUT2D eigenvalue weighted by molar-refractivity contribution is 0.226. The number of benzene rings is 1. The molecule has 1 fully saturated rings. The molecule has 1 saturated heterocycles. The largest absolute Gasteiger partial charge is 0.508 e. The quantitative estimate of drug-likeness (QED) is 0.827. The van der Waals surface area contributed by atoms with Gasteiger partial charge in [-0.15, -0.1) is 0 Å². The first-order valence-electron chi connectivity index (χ1n) is 7.54. The molecule has 0 spiro atoms. The molecule has 3 heteroatoms. The molecule has 2 rings (SSSR count). The maximum absolute atomic E-state index is 9.33. The molecular weight excluding hydrogens is 236 g/mol. The minimum atomic E-state index is 0.340. The number of phenols is 1. The molecule has 0 aromatic heterocycles. The molecule has 1 heterocycles. The number of nitrogens with one attached hydrogen (secondary N) is 1. The first-order valence-corrected chi connectivity index (χ1v) is 7.54. The van der Waals surface area contributed by atoms with E-state index in [9.17, 15) is 5.11 Å². The maximum Gasteiger partial charge on any atom is 0.115 e. The van der Waals surface area contributed by atoms with Gasteiger partial charge in [-0.3, -0.25) is 0 Å². The van der Waals surface area contributed by atoms with Gasteiger partial charge >= 0.3 is 0 Å². The average molecular weight is 262 g/mol. The highest BCUT2D eigenvalue weighted by Gasteiger charge is 2.11. The summed E-state index contributed by atoms with van der Waals surface area (Å²) in [5, 5.41) is 13.0. The number of phenolic OH excluding ortho intramolecular Hbond substituents is 1. The van der Waals surface area contributed by atoms with Gasteiger partial charge in [0.05, 0.1) is 0 Å². The van der Waals surface area contributed by atoms with Crippen molar-refractivity contribution < 1.29 is 5.11 Å². The Balaban J connectivity index is 1.77. The van der Waals surface area contributed by atoms with Crippen molar-refractivity contribution >= 4 is 0 Å². The Morgan fingerprint density at radius 2 is 1.84 bits per heavy atom. The molecule has 1 aromatic rings. The van der Waals surface area contributed by atoms with Crippen LogP contribution in [0.5, 0.6) is 5.75 Å². The Bertz CT molecular complexity index is 358. The van der Waals surface area contributed by atoms with Gasteiger partial charge in [-0.2, -0.15) is 0 Å². The van der Waals surface area contributed by atoms with E-state index in [1.165, 1.54) is 37.9 Å². The van der Waals surface area contributed by atoms with Gasteiger partial charge in [0.2, 0.25) is 0 Å². The number of likely N-dealkylation sites (tertiary alicyclic amines) is 1. The Kier molecular flexibility index (Phi) is 5.67. The lowest BCUT2D eigenvalue weighted by Crippen LogP contribution is -2.36. The van der Waals surface area contributed by atoms with E-state index >= 15 is 0 Å². The van der Waals surface area contributed by atoms with Crippen LogP contribution in [-0.4, -0.2) is 36.2 Å². The van der Waals surface area contributed by atoms with E-state index in [4.69, 9.17) is 0 Å². The molecule has 1 aliphatic heterocycles. The van der Waals surface area contributed by atoms with Gasteiger partial charge in [0, 0.05) is 19.1 Å². The van der Waals surface area contributed by atoms with Crippen LogP contribution >= 0.6 is 0 Å². The Labute approximate surface area is 116 Å². The van der Waals surface area contributed by atoms with Crippen LogP contribution < -0.4 is 5.32 Å². The summed E-state index contributed by atoms with van der Waals surface area (Å²) >= 11 is 0. The summed E-state index contributed by atoms with van der Waals surface area (Å²) in [6.07, 6.45) is 5.18. The third kappa shape index (κ3) is 4.51. The molecule has 3 nitrogen and oxygen atoms in total. The van der Waals surface area contributed by atoms with Crippen LogP contribution in [0, 0.1) is 0 Å². The summed E-state index contributed by atoms with van der Waals surface area (Å²) in [6, 6.07) is 7.95. The minimum absolute atomic E-state index is 0.340. The molecule has 2 N–H and O–H groups in total. The molecule has 0 bridgehead atoms. The highest BCUT2D eigenvalue weighted by atomic mass is 16.3. The first kappa shape index (κ1) is 14.4. The van der Waals surface area contributed by atoms with Gasteiger partial charge < -0.3 is 15.3 Å². The van der Waals surface area contributed by atoms with E-state index in [2.05, 4.69) is 17.1 Å². The zero-order valence-electron chi connectivity index (χ0n) is 11.9. The number of aromatic hydroxyl groups is 1. The number of piperidine rings is 1. The Morgan fingerprint density at radius 3 is 2.47 bits per heavy atom. The van der Waals surface area contributed by atoms with E-state index in [0.717, 1.165) is 19.5 Å². The second-order valence-corrected chi connectivity index (χ2v) is 5.41. The molecule has 1 aromatic carbocycles. The van der Waals surface area contributed by atoms with Crippen molar-refractivity contribution in [2.24, 2.45) is 0 Å². The van der Waals surface area contributed by atoms with Crippen molar-refractivity contribution in [2.45, 2.75) is 38.6 Å². The monoisotopic (exact) mass is 262 g/mol. The molecule has 0 radical (unpaired) electrons. The van der Waals surface area contributed by atoms with Gasteiger partial charge in [-0.05, 0) is 50.0 Å². The van der Waals surface area contributed by atoms with Crippen LogP contribution in [0.15, 0.2) is 24.3 Å². The second kappa shape index (κ2) is 7.51. The molecule has 1 aliphatic rings. The maximum atomic E-state index is 9.33. The molecular formula is C16H26N2O. The van der Waals surface area contributed by atoms with Crippen LogP contribution in [0.2, 0.25) is 0 Å². The minimum Gasteiger partial charge on any atom is -0.508 e. The number of rotatable bonds is 6. The molecule has 1 atom stereocenters. The van der Waals surface area contributed by atoms with Gasteiger partial charge in [0.15, 0.2) is 0 Å². The van der Waals surface area contributed by atoms with Crippen LogP contribution in [0.3, 0.4) is 0 Å². The normalized spacial score (nSPS) is 18.4. The van der Waals surface area contributed by atoms with Gasteiger partial charge in [0.1, 0.15) is 5.75 Å². The highest BCUT2D eigenvalue weighted by molar-refractivity contribution is 5.27. The van der Waals surface area contributed by atoms with Crippen molar-refractivity contribution in [3.63, 3.8) is 0 Å². The number of hydrogen-bond donors (Lipinski definition) is 2. The lowest BCUT2D eigenvalue weighted by atomic mass is 10.0. The predicted molar refractivity (Wildman–Crippen MR) is 79.4 cm³/mol. The number of hydrogen-bond acceptors (Lipinski definition) is 3. The fourth-order valence-electron chi connectivity index (χ4n) is 2.78. The van der Waals surface area contributed by atoms with E-state index in [1.807, 2.05) is 12.1 Å². The summed E-state index contributed by atoms with van der Waals surface area (Å²) in [4.78, 5) is 2.56. The second-order valence-electron chi connectivity index (χ2n) is 5.41. The fourth-order valence-corrected chi connectivity index (χ4v) is 2.78. The van der Waals surface area contributed by atoms with Crippen LogP contribution in [0.25, 0.3) is 0 Å². The molecule has 0 aliphatic carbocycles. The predicted octanol–water partition coefficient (Wildman–Crippen LogP) is 2.92. The van der Waals surface area contributed by atoms with Crippen LogP contribution in [-0.2, 0) is 0 Å². The van der Waals surface area contributed by atoms with E-state index in [0.29, 0.717) is 11.8 Å². The zero-order valence-corrected chi connectivity index (χ0v) is 11.9. The summed E-state index contributed by atoms with van der Waals surface area (Å²) in [7, 11) is 0. The fraction of sp³-hybridized carbons (Fsp3) is 0.625. The standard InChI is InChI=1S/C16H26N2O/c1-2-16(14-6-8-15(19)9-7-14)17-10-13-18-11-4-3-5-12-18/h6-9,16-17,19H,2-5,10-13H2,1H3.